The fourth-order valence-corrected chi connectivity index (χ4v) is 3.05. The van der Waals surface area contributed by atoms with Crippen molar-refractivity contribution < 1.29 is 8.85 Å². The van der Waals surface area contributed by atoms with Gasteiger partial charge in [0.25, 0.3) is 0 Å². The van der Waals surface area contributed by atoms with E-state index >= 15 is 0 Å². The van der Waals surface area contributed by atoms with E-state index < -0.39 is 8.56 Å². The largest absolute Gasteiger partial charge is 0.398 e. The van der Waals surface area contributed by atoms with Gasteiger partial charge in [0, 0.05) is 14.2 Å². The third kappa shape index (κ3) is 5.96. The highest BCUT2D eigenvalue weighted by Gasteiger charge is 2.27. The molecule has 0 rings (SSSR count). The van der Waals surface area contributed by atoms with Crippen molar-refractivity contribution >= 4 is 8.56 Å². The van der Waals surface area contributed by atoms with Gasteiger partial charge in [-0.1, -0.05) is 6.92 Å². The topological polar surface area (TPSA) is 33.7 Å². The van der Waals surface area contributed by atoms with Crippen LogP contribution in [-0.4, -0.2) is 54.5 Å². The van der Waals surface area contributed by atoms with Crippen LogP contribution >= 0.6 is 0 Å². The van der Waals surface area contributed by atoms with Crippen molar-refractivity contribution in [3.05, 3.63) is 0 Å². The summed E-state index contributed by atoms with van der Waals surface area (Å²) in [5.41, 5.74) is 0. The highest BCUT2D eigenvalue weighted by atomic mass is 28.4. The second-order valence-electron chi connectivity index (χ2n) is 4.49. The Hall–Kier alpha value is 0.0569. The summed E-state index contributed by atoms with van der Waals surface area (Å²) in [4.78, 5) is 2.21. The van der Waals surface area contributed by atoms with Gasteiger partial charge >= 0.3 is 8.56 Å². The molecule has 0 aromatic rings. The van der Waals surface area contributed by atoms with Crippen LogP contribution < -0.4 is 5.32 Å². The maximum atomic E-state index is 5.45. The van der Waals surface area contributed by atoms with E-state index in [2.05, 4.69) is 37.8 Å². The lowest BCUT2D eigenvalue weighted by Crippen LogP contribution is -2.42. The van der Waals surface area contributed by atoms with Gasteiger partial charge in [-0.2, -0.15) is 0 Å². The van der Waals surface area contributed by atoms with Crippen LogP contribution in [0.15, 0.2) is 0 Å². The van der Waals surface area contributed by atoms with Crippen LogP contribution in [0.25, 0.3) is 0 Å². The van der Waals surface area contributed by atoms with E-state index in [0.717, 1.165) is 25.4 Å². The average Bonchev–Trinajstić information content (AvgIpc) is 2.28. The summed E-state index contributed by atoms with van der Waals surface area (Å²) in [7, 11) is 5.84. The minimum absolute atomic E-state index is 0.470. The van der Waals surface area contributed by atoms with Gasteiger partial charge in [0.15, 0.2) is 0 Å². The molecule has 16 heavy (non-hydrogen) atoms. The van der Waals surface area contributed by atoms with Crippen LogP contribution in [-0.2, 0) is 8.85 Å². The SMILES string of the molecule is CCC(NCCC[Si](C)(OC)OC)N(C)C. The predicted octanol–water partition coefficient (Wildman–Crippen LogP) is 1.63. The van der Waals surface area contributed by atoms with Gasteiger partial charge in [-0.25, -0.2) is 0 Å². The summed E-state index contributed by atoms with van der Waals surface area (Å²) >= 11 is 0. The van der Waals surface area contributed by atoms with Gasteiger partial charge in [0.2, 0.25) is 0 Å². The van der Waals surface area contributed by atoms with Gasteiger partial charge in [-0.05, 0) is 46.1 Å². The molecule has 0 radical (unpaired) electrons. The molecule has 0 heterocycles. The smallest absolute Gasteiger partial charge is 0.334 e. The van der Waals surface area contributed by atoms with E-state index in [4.69, 9.17) is 8.85 Å². The summed E-state index contributed by atoms with van der Waals surface area (Å²) in [5, 5.41) is 3.53. The zero-order valence-electron chi connectivity index (χ0n) is 11.7. The van der Waals surface area contributed by atoms with Crippen LogP contribution in [0, 0.1) is 0 Å². The van der Waals surface area contributed by atoms with E-state index in [9.17, 15) is 0 Å². The molecule has 5 heteroatoms. The highest BCUT2D eigenvalue weighted by Crippen LogP contribution is 2.13. The Balaban J connectivity index is 3.74. The third-order valence-corrected chi connectivity index (χ3v) is 6.05. The first-order valence-corrected chi connectivity index (χ1v) is 8.51. The van der Waals surface area contributed by atoms with Crippen molar-refractivity contribution in [2.45, 2.75) is 38.5 Å². The van der Waals surface area contributed by atoms with Crippen LogP contribution in [0.1, 0.15) is 19.8 Å². The summed E-state index contributed by atoms with van der Waals surface area (Å²) < 4.78 is 10.9. The van der Waals surface area contributed by atoms with Gasteiger partial charge in [0.05, 0.1) is 6.17 Å². The predicted molar refractivity (Wildman–Crippen MR) is 70.8 cm³/mol. The Morgan fingerprint density at radius 3 is 2.19 bits per heavy atom. The molecule has 0 saturated heterocycles. The standard InChI is InChI=1S/C11H28N2O2Si/c1-7-11(13(2)3)12-9-8-10-16(6,14-4)15-5/h11-12H,7-10H2,1-6H3. The molecule has 1 unspecified atom stereocenters. The molecule has 0 spiro atoms. The van der Waals surface area contributed by atoms with Crippen molar-refractivity contribution in [2.75, 3.05) is 34.9 Å². The Kier molecular flexibility index (Phi) is 8.22. The molecule has 1 N–H and O–H groups in total. The number of hydrogen-bond acceptors (Lipinski definition) is 4. The second-order valence-corrected chi connectivity index (χ2v) is 8.07. The first-order chi connectivity index (χ1) is 7.49. The Labute approximate surface area is 102 Å². The molecule has 0 aliphatic heterocycles. The average molecular weight is 248 g/mol. The monoisotopic (exact) mass is 248 g/mol. The molecule has 0 aliphatic carbocycles. The van der Waals surface area contributed by atoms with Crippen molar-refractivity contribution in [1.29, 1.82) is 0 Å². The lowest BCUT2D eigenvalue weighted by molar-refractivity contribution is 0.233. The van der Waals surface area contributed by atoms with E-state index in [1.807, 2.05) is 0 Å². The number of rotatable bonds is 9. The van der Waals surface area contributed by atoms with E-state index in [1.165, 1.54) is 0 Å². The lowest BCUT2D eigenvalue weighted by atomic mass is 10.3. The molecule has 0 fully saturated rings. The Morgan fingerprint density at radius 2 is 1.81 bits per heavy atom. The number of nitrogens with zero attached hydrogens (tertiary/aromatic N) is 1. The van der Waals surface area contributed by atoms with Crippen LogP contribution in [0.5, 0.6) is 0 Å². The quantitative estimate of drug-likeness (QED) is 0.382. The molecule has 98 valence electrons. The van der Waals surface area contributed by atoms with Crippen LogP contribution in [0.2, 0.25) is 12.6 Å². The lowest BCUT2D eigenvalue weighted by Gasteiger charge is -2.26. The number of nitrogens with one attached hydrogen (secondary N) is 1. The first kappa shape index (κ1) is 16.1. The summed E-state index contributed by atoms with van der Waals surface area (Å²) in [5.74, 6) is 0. The third-order valence-electron chi connectivity index (χ3n) is 3.06. The van der Waals surface area contributed by atoms with Crippen molar-refractivity contribution in [1.82, 2.24) is 10.2 Å². The molecular weight excluding hydrogens is 220 g/mol. The molecule has 0 aliphatic rings. The fraction of sp³-hybridized carbons (Fsp3) is 1.00. The van der Waals surface area contributed by atoms with E-state index in [-0.39, 0.29) is 0 Å². The first-order valence-electron chi connectivity index (χ1n) is 5.99. The highest BCUT2D eigenvalue weighted by molar-refractivity contribution is 6.65. The van der Waals surface area contributed by atoms with Crippen LogP contribution in [0.3, 0.4) is 0 Å². The summed E-state index contributed by atoms with van der Waals surface area (Å²) in [6.07, 6.45) is 2.70. The normalized spacial score (nSPS) is 14.4. The fourth-order valence-electron chi connectivity index (χ4n) is 1.66. The minimum Gasteiger partial charge on any atom is -0.398 e. The minimum atomic E-state index is -1.86. The molecule has 0 saturated carbocycles. The molecular formula is C11H28N2O2Si. The van der Waals surface area contributed by atoms with E-state index in [1.54, 1.807) is 14.2 Å². The maximum Gasteiger partial charge on any atom is 0.334 e. The molecule has 0 bridgehead atoms. The van der Waals surface area contributed by atoms with E-state index in [0.29, 0.717) is 6.17 Å². The second kappa shape index (κ2) is 8.19. The zero-order chi connectivity index (χ0) is 12.6. The number of hydrogen-bond donors (Lipinski definition) is 1. The molecule has 0 aromatic carbocycles. The summed E-state index contributed by atoms with van der Waals surface area (Å²) in [6, 6.07) is 1.04. The van der Waals surface area contributed by atoms with Gasteiger partial charge in [0.1, 0.15) is 0 Å². The Morgan fingerprint density at radius 1 is 1.25 bits per heavy atom. The zero-order valence-corrected chi connectivity index (χ0v) is 12.7. The van der Waals surface area contributed by atoms with Gasteiger partial charge in [-0.3, -0.25) is 4.90 Å². The van der Waals surface area contributed by atoms with Crippen LogP contribution in [0.4, 0.5) is 0 Å². The maximum absolute atomic E-state index is 5.45. The molecule has 4 nitrogen and oxygen atoms in total. The molecule has 1 atom stereocenters. The summed E-state index contributed by atoms with van der Waals surface area (Å²) in [6.45, 7) is 5.32. The van der Waals surface area contributed by atoms with Crippen molar-refractivity contribution in [3.8, 4) is 0 Å². The van der Waals surface area contributed by atoms with Crippen molar-refractivity contribution in [3.63, 3.8) is 0 Å². The van der Waals surface area contributed by atoms with Gasteiger partial charge < -0.3 is 14.2 Å². The Bertz CT molecular complexity index is 175. The molecule has 0 aromatic heterocycles. The van der Waals surface area contributed by atoms with Crippen molar-refractivity contribution in [2.24, 2.45) is 0 Å². The molecule has 0 amide bonds. The van der Waals surface area contributed by atoms with Gasteiger partial charge in [-0.15, -0.1) is 0 Å².